The summed E-state index contributed by atoms with van der Waals surface area (Å²) < 4.78 is 4.73. The molecule has 1 aromatic carbocycles. The van der Waals surface area contributed by atoms with Crippen molar-refractivity contribution in [2.75, 3.05) is 12.3 Å². The molecule has 1 aromatic rings. The smallest absolute Gasteiger partial charge is 0.308 e. The zero-order valence-electron chi connectivity index (χ0n) is 11.3. The first-order valence-electron chi connectivity index (χ1n) is 6.39. The van der Waals surface area contributed by atoms with Gasteiger partial charge in [-0.05, 0) is 25.0 Å². The highest BCUT2D eigenvalue weighted by atomic mass is 16.5. The van der Waals surface area contributed by atoms with Crippen LogP contribution in [0.5, 0.6) is 0 Å². The van der Waals surface area contributed by atoms with Crippen LogP contribution in [0.25, 0.3) is 0 Å². The Morgan fingerprint density at radius 1 is 1.37 bits per heavy atom. The fraction of sp³-hybridized carbons (Fsp3) is 0.500. The minimum atomic E-state index is -1.23. The van der Waals surface area contributed by atoms with Gasteiger partial charge in [-0.3, -0.25) is 4.79 Å². The van der Waals surface area contributed by atoms with E-state index in [9.17, 15) is 15.0 Å². The van der Waals surface area contributed by atoms with Crippen LogP contribution in [0.1, 0.15) is 37.5 Å². The number of aliphatic hydroxyl groups excluding tert-OH is 2. The Hall–Kier alpha value is -1.59. The number of nitrogens with two attached hydrogens (primary N) is 1. The fourth-order valence-electron chi connectivity index (χ4n) is 1.81. The van der Waals surface area contributed by atoms with Crippen molar-refractivity contribution in [2.24, 2.45) is 0 Å². The van der Waals surface area contributed by atoms with Gasteiger partial charge in [0.2, 0.25) is 0 Å². The second-order valence-electron chi connectivity index (χ2n) is 4.34. The van der Waals surface area contributed by atoms with Gasteiger partial charge >= 0.3 is 5.97 Å². The highest BCUT2D eigenvalue weighted by Crippen LogP contribution is 2.26. The van der Waals surface area contributed by atoms with Gasteiger partial charge in [0, 0.05) is 11.3 Å². The van der Waals surface area contributed by atoms with Crippen LogP contribution in [0, 0.1) is 0 Å². The molecular weight excluding hydrogens is 246 g/mol. The molecule has 2 unspecified atom stereocenters. The van der Waals surface area contributed by atoms with Crippen molar-refractivity contribution in [3.8, 4) is 0 Å². The lowest BCUT2D eigenvalue weighted by atomic mass is 9.97. The van der Waals surface area contributed by atoms with Crippen LogP contribution >= 0.6 is 0 Å². The van der Waals surface area contributed by atoms with E-state index in [2.05, 4.69) is 0 Å². The Bertz CT molecular complexity index is 433. The van der Waals surface area contributed by atoms with Crippen LogP contribution in [0.3, 0.4) is 0 Å². The number of carbonyl (C=O) groups excluding carboxylic acids is 1. The highest BCUT2D eigenvalue weighted by molar-refractivity contribution is 5.70. The number of rotatable bonds is 6. The van der Waals surface area contributed by atoms with Crippen LogP contribution in [0.2, 0.25) is 0 Å². The molecule has 1 rings (SSSR count). The molecule has 0 aliphatic carbocycles. The van der Waals surface area contributed by atoms with Gasteiger partial charge < -0.3 is 20.7 Å². The van der Waals surface area contributed by atoms with Gasteiger partial charge in [0.05, 0.1) is 19.1 Å². The van der Waals surface area contributed by atoms with E-state index in [1.165, 1.54) is 0 Å². The van der Waals surface area contributed by atoms with E-state index < -0.39 is 18.2 Å². The molecule has 5 heteroatoms. The average Bonchev–Trinajstić information content (AvgIpc) is 2.38. The summed E-state index contributed by atoms with van der Waals surface area (Å²) in [6.07, 6.45) is -1.89. The van der Waals surface area contributed by atoms with E-state index in [1.54, 1.807) is 19.1 Å². The highest BCUT2D eigenvalue weighted by Gasteiger charge is 2.23. The van der Waals surface area contributed by atoms with Crippen LogP contribution in [0.4, 0.5) is 5.69 Å². The Morgan fingerprint density at radius 3 is 2.63 bits per heavy atom. The molecule has 19 heavy (non-hydrogen) atoms. The number of hydrogen-bond donors (Lipinski definition) is 3. The first-order chi connectivity index (χ1) is 8.99. The normalized spacial score (nSPS) is 13.9. The summed E-state index contributed by atoms with van der Waals surface area (Å²) in [6, 6.07) is 5.30. The largest absolute Gasteiger partial charge is 0.466 e. The molecule has 0 fully saturated rings. The first-order valence-corrected chi connectivity index (χ1v) is 6.39. The molecule has 0 saturated heterocycles. The van der Waals surface area contributed by atoms with Gasteiger partial charge in [-0.1, -0.05) is 19.1 Å². The van der Waals surface area contributed by atoms with E-state index in [1.807, 2.05) is 13.0 Å². The number of aryl methyl sites for hydroxylation is 1. The minimum absolute atomic E-state index is 0.245. The second kappa shape index (κ2) is 7.11. The topological polar surface area (TPSA) is 92.8 Å². The van der Waals surface area contributed by atoms with Crippen molar-refractivity contribution < 1.29 is 19.7 Å². The van der Waals surface area contributed by atoms with Crippen molar-refractivity contribution in [3.05, 3.63) is 29.3 Å². The van der Waals surface area contributed by atoms with Gasteiger partial charge in [0.1, 0.15) is 6.10 Å². The zero-order chi connectivity index (χ0) is 14.4. The summed E-state index contributed by atoms with van der Waals surface area (Å²) >= 11 is 0. The van der Waals surface area contributed by atoms with Crippen molar-refractivity contribution >= 4 is 11.7 Å². The van der Waals surface area contributed by atoms with Gasteiger partial charge in [0.25, 0.3) is 0 Å². The molecule has 0 aliphatic rings. The number of anilines is 1. The summed E-state index contributed by atoms with van der Waals surface area (Å²) in [5, 5.41) is 19.9. The number of esters is 1. The van der Waals surface area contributed by atoms with E-state index in [0.29, 0.717) is 11.3 Å². The molecule has 2 atom stereocenters. The fourth-order valence-corrected chi connectivity index (χ4v) is 1.81. The van der Waals surface area contributed by atoms with Crippen molar-refractivity contribution in [2.45, 2.75) is 38.9 Å². The number of carbonyl (C=O) groups is 1. The summed E-state index contributed by atoms with van der Waals surface area (Å²) in [5.41, 5.74) is 7.63. The monoisotopic (exact) mass is 267 g/mol. The zero-order valence-corrected chi connectivity index (χ0v) is 11.3. The van der Waals surface area contributed by atoms with Gasteiger partial charge in [0.15, 0.2) is 0 Å². The third-order valence-electron chi connectivity index (χ3n) is 2.92. The summed E-state index contributed by atoms with van der Waals surface area (Å²) in [4.78, 5) is 11.3. The molecule has 0 aliphatic heterocycles. The van der Waals surface area contributed by atoms with Crippen LogP contribution in [0.15, 0.2) is 18.2 Å². The SMILES string of the molecule is CCOC(=O)CC(O)C(O)c1cc(CC)ccc1N. The predicted octanol–water partition coefficient (Wildman–Crippen LogP) is 1.18. The van der Waals surface area contributed by atoms with Crippen LogP contribution < -0.4 is 5.73 Å². The Kier molecular flexibility index (Phi) is 5.79. The number of benzene rings is 1. The maximum absolute atomic E-state index is 11.3. The molecule has 0 spiro atoms. The molecule has 0 aromatic heterocycles. The molecule has 106 valence electrons. The van der Waals surface area contributed by atoms with E-state index in [-0.39, 0.29) is 13.0 Å². The molecule has 4 N–H and O–H groups in total. The van der Waals surface area contributed by atoms with Gasteiger partial charge in [-0.2, -0.15) is 0 Å². The van der Waals surface area contributed by atoms with Gasteiger partial charge in [-0.25, -0.2) is 0 Å². The minimum Gasteiger partial charge on any atom is -0.466 e. The number of nitrogen functional groups attached to an aromatic ring is 1. The quantitative estimate of drug-likeness (QED) is 0.531. The summed E-state index contributed by atoms with van der Waals surface area (Å²) in [7, 11) is 0. The van der Waals surface area contributed by atoms with Crippen molar-refractivity contribution in [1.82, 2.24) is 0 Å². The lowest BCUT2D eigenvalue weighted by Gasteiger charge is -2.19. The Labute approximate surface area is 113 Å². The maximum atomic E-state index is 11.3. The lowest BCUT2D eigenvalue weighted by molar-refractivity contribution is -0.147. The molecule has 0 bridgehead atoms. The van der Waals surface area contributed by atoms with Crippen molar-refractivity contribution in [3.63, 3.8) is 0 Å². The molecule has 0 heterocycles. The molecule has 0 radical (unpaired) electrons. The summed E-state index contributed by atoms with van der Waals surface area (Å²) in [5.74, 6) is -0.542. The van der Waals surface area contributed by atoms with E-state index >= 15 is 0 Å². The average molecular weight is 267 g/mol. The number of ether oxygens (including phenoxy) is 1. The molecule has 5 nitrogen and oxygen atoms in total. The van der Waals surface area contributed by atoms with E-state index in [0.717, 1.165) is 12.0 Å². The van der Waals surface area contributed by atoms with Gasteiger partial charge in [-0.15, -0.1) is 0 Å². The molecular formula is C14H21NO4. The predicted molar refractivity (Wildman–Crippen MR) is 72.4 cm³/mol. The number of aliphatic hydroxyl groups is 2. The third kappa shape index (κ3) is 4.22. The second-order valence-corrected chi connectivity index (χ2v) is 4.34. The Balaban J connectivity index is 2.81. The standard InChI is InChI=1S/C14H21NO4/c1-3-9-5-6-11(15)10(7-9)14(18)12(16)8-13(17)19-4-2/h5-7,12,14,16,18H,3-4,8,15H2,1-2H3. The molecule has 0 saturated carbocycles. The van der Waals surface area contributed by atoms with Crippen LogP contribution in [-0.4, -0.2) is 28.9 Å². The Morgan fingerprint density at radius 2 is 2.05 bits per heavy atom. The van der Waals surface area contributed by atoms with Crippen LogP contribution in [-0.2, 0) is 16.0 Å². The maximum Gasteiger partial charge on any atom is 0.308 e. The number of hydrogen-bond acceptors (Lipinski definition) is 5. The summed E-state index contributed by atoms with van der Waals surface area (Å²) in [6.45, 7) is 3.91. The van der Waals surface area contributed by atoms with E-state index in [4.69, 9.17) is 10.5 Å². The van der Waals surface area contributed by atoms with Crippen molar-refractivity contribution in [1.29, 1.82) is 0 Å². The molecule has 0 amide bonds. The third-order valence-corrected chi connectivity index (χ3v) is 2.92. The lowest BCUT2D eigenvalue weighted by Crippen LogP contribution is -2.24. The first kappa shape index (κ1) is 15.5.